The minimum atomic E-state index is -3.26. The maximum absolute atomic E-state index is 11.4. The van der Waals surface area contributed by atoms with Crippen LogP contribution >= 0.6 is 11.6 Å². The first-order valence-electron chi connectivity index (χ1n) is 5.52. The van der Waals surface area contributed by atoms with Crippen molar-refractivity contribution in [2.75, 3.05) is 30.0 Å². The number of hydrogen-bond donors (Lipinski definition) is 2. The van der Waals surface area contributed by atoms with Gasteiger partial charge < -0.3 is 10.4 Å². The fraction of sp³-hybridized carbons (Fsp3) is 0.455. The molecular formula is C11H14ClN3O3S. The lowest BCUT2D eigenvalue weighted by Crippen LogP contribution is -2.20. The molecule has 0 aliphatic heterocycles. The maximum Gasteiger partial charge on any atom is 0.154 e. The minimum absolute atomic E-state index is 0.0863. The number of aliphatic hydroxyl groups is 1. The van der Waals surface area contributed by atoms with Crippen molar-refractivity contribution >= 4 is 27.3 Å². The van der Waals surface area contributed by atoms with E-state index in [1.807, 2.05) is 6.07 Å². The van der Waals surface area contributed by atoms with Crippen LogP contribution in [0.5, 0.6) is 0 Å². The number of nitriles is 1. The molecule has 1 aromatic heterocycles. The van der Waals surface area contributed by atoms with Gasteiger partial charge in [-0.1, -0.05) is 11.6 Å². The maximum atomic E-state index is 11.4. The average Bonchev–Trinajstić information content (AvgIpc) is 2.28. The van der Waals surface area contributed by atoms with Gasteiger partial charge >= 0.3 is 0 Å². The van der Waals surface area contributed by atoms with Gasteiger partial charge in [0.25, 0.3) is 0 Å². The Balaban J connectivity index is 2.68. The normalized spacial score (nSPS) is 11.1. The molecule has 6 nitrogen and oxygen atoms in total. The summed E-state index contributed by atoms with van der Waals surface area (Å²) in [6, 6.07) is 3.57. The second-order valence-electron chi connectivity index (χ2n) is 3.90. The van der Waals surface area contributed by atoms with Crippen LogP contribution in [-0.2, 0) is 9.84 Å². The first-order chi connectivity index (χ1) is 8.89. The number of anilines is 1. The molecule has 0 spiro atoms. The molecule has 0 atom stereocenters. The minimum Gasteiger partial charge on any atom is -0.395 e. The fourth-order valence-corrected chi connectivity index (χ4v) is 2.61. The highest BCUT2D eigenvalue weighted by atomic mass is 35.5. The molecule has 0 saturated carbocycles. The summed E-state index contributed by atoms with van der Waals surface area (Å²) in [4.78, 5) is 3.96. The fourth-order valence-electron chi connectivity index (χ4n) is 1.43. The molecule has 0 bridgehead atoms. The lowest BCUT2D eigenvalue weighted by molar-refractivity contribution is 0.319. The zero-order valence-corrected chi connectivity index (χ0v) is 11.9. The van der Waals surface area contributed by atoms with Crippen LogP contribution in [-0.4, -0.2) is 43.2 Å². The summed E-state index contributed by atoms with van der Waals surface area (Å²) in [5, 5.41) is 20.3. The first kappa shape index (κ1) is 15.7. The third-order valence-electron chi connectivity index (χ3n) is 2.41. The van der Waals surface area contributed by atoms with Gasteiger partial charge in [-0.2, -0.15) is 5.26 Å². The second-order valence-corrected chi connectivity index (χ2v) is 6.57. The highest BCUT2D eigenvalue weighted by Gasteiger charge is 2.11. The van der Waals surface area contributed by atoms with Gasteiger partial charge in [0, 0.05) is 6.54 Å². The van der Waals surface area contributed by atoms with E-state index in [0.29, 0.717) is 16.9 Å². The molecule has 1 heterocycles. The Kier molecular flexibility index (Phi) is 5.54. The quantitative estimate of drug-likeness (QED) is 0.751. The Morgan fingerprint density at radius 3 is 2.74 bits per heavy atom. The molecule has 0 unspecified atom stereocenters. The van der Waals surface area contributed by atoms with Crippen LogP contribution < -0.4 is 5.32 Å². The lowest BCUT2D eigenvalue weighted by atomic mass is 10.2. The van der Waals surface area contributed by atoms with Crippen molar-refractivity contribution in [3.05, 3.63) is 22.3 Å². The van der Waals surface area contributed by atoms with Crippen molar-refractivity contribution in [2.45, 2.75) is 6.92 Å². The van der Waals surface area contributed by atoms with Crippen LogP contribution in [0.3, 0.4) is 0 Å². The van der Waals surface area contributed by atoms with Crippen molar-refractivity contribution in [1.29, 1.82) is 5.26 Å². The monoisotopic (exact) mass is 303 g/mol. The lowest BCUT2D eigenvalue weighted by Gasteiger charge is -2.08. The molecule has 0 fully saturated rings. The zero-order chi connectivity index (χ0) is 14.5. The Labute approximate surface area is 117 Å². The zero-order valence-electron chi connectivity index (χ0n) is 10.4. The third-order valence-corrected chi connectivity index (χ3v) is 4.31. The number of aryl methyl sites for hydroxylation is 1. The molecule has 0 amide bonds. The highest BCUT2D eigenvalue weighted by Crippen LogP contribution is 2.20. The Morgan fingerprint density at radius 2 is 2.21 bits per heavy atom. The molecule has 0 saturated heterocycles. The topological polar surface area (TPSA) is 103 Å². The van der Waals surface area contributed by atoms with Gasteiger partial charge in [-0.05, 0) is 18.6 Å². The number of pyridine rings is 1. The van der Waals surface area contributed by atoms with Gasteiger partial charge in [-0.25, -0.2) is 13.4 Å². The Bertz CT molecular complexity index is 573. The number of nitrogens with zero attached hydrogens (tertiary/aromatic N) is 2. The number of nitrogens with one attached hydrogen (secondary N) is 1. The molecule has 0 aromatic carbocycles. The number of sulfone groups is 1. The van der Waals surface area contributed by atoms with Gasteiger partial charge in [-0.15, -0.1) is 0 Å². The molecule has 2 N–H and O–H groups in total. The van der Waals surface area contributed by atoms with E-state index in [1.165, 1.54) is 0 Å². The van der Waals surface area contributed by atoms with Gasteiger partial charge in [0.1, 0.15) is 17.0 Å². The Morgan fingerprint density at radius 1 is 1.53 bits per heavy atom. The number of halogens is 1. The van der Waals surface area contributed by atoms with Crippen molar-refractivity contribution < 1.29 is 13.5 Å². The van der Waals surface area contributed by atoms with E-state index in [4.69, 9.17) is 22.0 Å². The first-order valence-corrected chi connectivity index (χ1v) is 7.72. The molecule has 0 aliphatic carbocycles. The number of aliphatic hydroxyl groups excluding tert-OH is 1. The van der Waals surface area contributed by atoms with Crippen molar-refractivity contribution in [1.82, 2.24) is 4.98 Å². The molecule has 1 rings (SSSR count). The molecule has 104 valence electrons. The highest BCUT2D eigenvalue weighted by molar-refractivity contribution is 7.91. The van der Waals surface area contributed by atoms with Gasteiger partial charge in [0.15, 0.2) is 9.84 Å². The van der Waals surface area contributed by atoms with Gasteiger partial charge in [0.05, 0.1) is 23.7 Å². The van der Waals surface area contributed by atoms with E-state index in [9.17, 15) is 8.42 Å². The molecule has 0 aliphatic rings. The van der Waals surface area contributed by atoms with E-state index in [1.54, 1.807) is 13.0 Å². The summed E-state index contributed by atoms with van der Waals surface area (Å²) in [6.07, 6.45) is 0. The van der Waals surface area contributed by atoms with E-state index in [0.717, 1.165) is 0 Å². The molecule has 1 aromatic rings. The van der Waals surface area contributed by atoms with Gasteiger partial charge in [-0.3, -0.25) is 0 Å². The van der Waals surface area contributed by atoms with Crippen LogP contribution in [0.2, 0.25) is 5.15 Å². The van der Waals surface area contributed by atoms with Gasteiger partial charge in [0.2, 0.25) is 0 Å². The average molecular weight is 304 g/mol. The predicted molar refractivity (Wildman–Crippen MR) is 72.9 cm³/mol. The van der Waals surface area contributed by atoms with Crippen molar-refractivity contribution in [3.63, 3.8) is 0 Å². The van der Waals surface area contributed by atoms with Crippen LogP contribution in [0, 0.1) is 18.3 Å². The molecule has 0 radical (unpaired) electrons. The number of rotatable bonds is 6. The smallest absolute Gasteiger partial charge is 0.154 e. The second kappa shape index (κ2) is 6.70. The number of hydrogen-bond acceptors (Lipinski definition) is 6. The van der Waals surface area contributed by atoms with Crippen molar-refractivity contribution in [2.24, 2.45) is 0 Å². The summed E-state index contributed by atoms with van der Waals surface area (Å²) >= 11 is 5.83. The summed E-state index contributed by atoms with van der Waals surface area (Å²) in [6.45, 7) is 1.50. The standard InChI is InChI=1S/C11H14ClN3O3S/c1-8-6-10(15-11(12)9(8)7-13)14-2-4-19(17,18)5-3-16/h6,16H,2-5H2,1H3,(H,14,15). The van der Waals surface area contributed by atoms with Crippen molar-refractivity contribution in [3.8, 4) is 6.07 Å². The summed E-state index contributed by atoms with van der Waals surface area (Å²) in [5.74, 6) is 0.0574. The molecular weight excluding hydrogens is 290 g/mol. The summed E-state index contributed by atoms with van der Waals surface area (Å²) in [5.41, 5.74) is 0.975. The SMILES string of the molecule is Cc1cc(NCCS(=O)(=O)CCO)nc(Cl)c1C#N. The largest absolute Gasteiger partial charge is 0.395 e. The summed E-state index contributed by atoms with van der Waals surface area (Å²) in [7, 11) is -3.26. The van der Waals surface area contributed by atoms with E-state index in [2.05, 4.69) is 10.3 Å². The molecule has 19 heavy (non-hydrogen) atoms. The van der Waals surface area contributed by atoms with Crippen LogP contribution in [0.1, 0.15) is 11.1 Å². The van der Waals surface area contributed by atoms with E-state index < -0.39 is 9.84 Å². The van der Waals surface area contributed by atoms with Crippen LogP contribution in [0.25, 0.3) is 0 Å². The number of aromatic nitrogens is 1. The van der Waals surface area contributed by atoms with Crippen LogP contribution in [0.4, 0.5) is 5.82 Å². The van der Waals surface area contributed by atoms with E-state index >= 15 is 0 Å². The van der Waals surface area contributed by atoms with E-state index in [-0.39, 0.29) is 29.8 Å². The summed E-state index contributed by atoms with van der Waals surface area (Å²) < 4.78 is 22.7. The van der Waals surface area contributed by atoms with Crippen LogP contribution in [0.15, 0.2) is 6.07 Å². The predicted octanol–water partition coefficient (Wildman–Crippen LogP) is 0.734. The third kappa shape index (κ3) is 4.67. The Hall–Kier alpha value is -1.36. The molecule has 8 heteroatoms.